The molecule has 1 aliphatic rings. The van der Waals surface area contributed by atoms with Crippen LogP contribution in [0.5, 0.6) is 0 Å². The Morgan fingerprint density at radius 3 is 2.68 bits per heavy atom. The first kappa shape index (κ1) is 19.4. The van der Waals surface area contributed by atoms with Gasteiger partial charge >= 0.3 is 0 Å². The molecular formula is C19H30N4O2. The van der Waals surface area contributed by atoms with Crippen molar-refractivity contribution in [1.29, 1.82) is 0 Å². The molecule has 6 nitrogen and oxygen atoms in total. The first-order valence-electron chi connectivity index (χ1n) is 9.12. The van der Waals surface area contributed by atoms with Crippen LogP contribution < -0.4 is 16.8 Å². The topological polar surface area (TPSA) is 101 Å². The van der Waals surface area contributed by atoms with E-state index in [9.17, 15) is 9.59 Å². The van der Waals surface area contributed by atoms with E-state index in [-0.39, 0.29) is 29.8 Å². The summed E-state index contributed by atoms with van der Waals surface area (Å²) in [6, 6.07) is 9.42. The van der Waals surface area contributed by atoms with E-state index in [1.165, 1.54) is 0 Å². The number of piperidine rings is 1. The fourth-order valence-electron chi connectivity index (χ4n) is 3.33. The van der Waals surface area contributed by atoms with Crippen molar-refractivity contribution < 1.29 is 9.59 Å². The number of nitrogens with one attached hydrogen (secondary N) is 1. The number of nitrogens with zero attached hydrogens (tertiary/aromatic N) is 1. The number of hydrogen-bond donors (Lipinski definition) is 3. The van der Waals surface area contributed by atoms with Gasteiger partial charge in [0.25, 0.3) is 0 Å². The molecule has 0 radical (unpaired) electrons. The van der Waals surface area contributed by atoms with Crippen LogP contribution in [0.2, 0.25) is 0 Å². The molecule has 3 unspecified atom stereocenters. The van der Waals surface area contributed by atoms with E-state index in [1.54, 1.807) is 0 Å². The van der Waals surface area contributed by atoms with Crippen LogP contribution in [-0.2, 0) is 9.59 Å². The SMILES string of the molecule is CC(C(=O)N1CCCCC1CNC(=O)CCN)C(N)c1ccccc1. The van der Waals surface area contributed by atoms with Crippen LogP contribution in [0.15, 0.2) is 30.3 Å². The molecule has 0 aliphatic carbocycles. The molecule has 2 rings (SSSR count). The van der Waals surface area contributed by atoms with Crippen LogP contribution in [0, 0.1) is 5.92 Å². The first-order chi connectivity index (χ1) is 12.0. The fraction of sp³-hybridized carbons (Fsp3) is 0.579. The quantitative estimate of drug-likeness (QED) is 0.690. The van der Waals surface area contributed by atoms with E-state index in [0.717, 1.165) is 31.4 Å². The number of carbonyl (C=O) groups excluding carboxylic acids is 2. The monoisotopic (exact) mass is 346 g/mol. The van der Waals surface area contributed by atoms with Crippen molar-refractivity contribution >= 4 is 11.8 Å². The van der Waals surface area contributed by atoms with E-state index in [1.807, 2.05) is 42.2 Å². The third-order valence-electron chi connectivity index (χ3n) is 4.93. The molecule has 0 saturated carbocycles. The lowest BCUT2D eigenvalue weighted by molar-refractivity contribution is -0.140. The Labute approximate surface area is 149 Å². The molecule has 1 aromatic carbocycles. The second-order valence-corrected chi connectivity index (χ2v) is 6.75. The fourth-order valence-corrected chi connectivity index (χ4v) is 3.33. The van der Waals surface area contributed by atoms with Gasteiger partial charge in [0, 0.05) is 38.1 Å². The average molecular weight is 346 g/mol. The first-order valence-corrected chi connectivity index (χ1v) is 9.12. The van der Waals surface area contributed by atoms with E-state index >= 15 is 0 Å². The molecular weight excluding hydrogens is 316 g/mol. The molecule has 2 amide bonds. The molecule has 25 heavy (non-hydrogen) atoms. The second kappa shape index (κ2) is 9.53. The van der Waals surface area contributed by atoms with Crippen molar-refractivity contribution in [1.82, 2.24) is 10.2 Å². The van der Waals surface area contributed by atoms with Crippen molar-refractivity contribution in [2.45, 2.75) is 44.7 Å². The van der Waals surface area contributed by atoms with E-state index in [4.69, 9.17) is 11.5 Å². The van der Waals surface area contributed by atoms with Gasteiger partial charge in [-0.3, -0.25) is 9.59 Å². The zero-order valence-electron chi connectivity index (χ0n) is 15.0. The number of likely N-dealkylation sites (tertiary alicyclic amines) is 1. The van der Waals surface area contributed by atoms with Gasteiger partial charge in [-0.05, 0) is 24.8 Å². The summed E-state index contributed by atoms with van der Waals surface area (Å²) >= 11 is 0. The van der Waals surface area contributed by atoms with Gasteiger partial charge in [0.05, 0.1) is 5.92 Å². The molecule has 5 N–H and O–H groups in total. The Hall–Kier alpha value is -1.92. The number of nitrogens with two attached hydrogens (primary N) is 2. The lowest BCUT2D eigenvalue weighted by Crippen LogP contribution is -2.52. The predicted octanol–water partition coefficient (Wildman–Crippen LogP) is 1.17. The highest BCUT2D eigenvalue weighted by Gasteiger charge is 2.32. The molecule has 0 aromatic heterocycles. The number of amides is 2. The minimum absolute atomic E-state index is 0.0356. The third kappa shape index (κ3) is 5.28. The number of benzene rings is 1. The van der Waals surface area contributed by atoms with Crippen LogP contribution in [0.4, 0.5) is 0 Å². The molecule has 6 heteroatoms. The Morgan fingerprint density at radius 2 is 2.00 bits per heavy atom. The number of carbonyl (C=O) groups is 2. The summed E-state index contributed by atoms with van der Waals surface area (Å²) in [5.74, 6) is -0.300. The smallest absolute Gasteiger partial charge is 0.227 e. The van der Waals surface area contributed by atoms with Gasteiger partial charge in [0.1, 0.15) is 0 Å². The second-order valence-electron chi connectivity index (χ2n) is 6.75. The molecule has 1 saturated heterocycles. The van der Waals surface area contributed by atoms with Crippen LogP contribution in [0.1, 0.15) is 44.2 Å². The van der Waals surface area contributed by atoms with Crippen LogP contribution in [0.3, 0.4) is 0 Å². The molecule has 1 fully saturated rings. The van der Waals surface area contributed by atoms with Crippen molar-refractivity contribution in [2.24, 2.45) is 17.4 Å². The largest absolute Gasteiger partial charge is 0.354 e. The van der Waals surface area contributed by atoms with Crippen LogP contribution >= 0.6 is 0 Å². The Morgan fingerprint density at radius 1 is 1.28 bits per heavy atom. The van der Waals surface area contributed by atoms with Gasteiger partial charge < -0.3 is 21.7 Å². The zero-order chi connectivity index (χ0) is 18.2. The maximum atomic E-state index is 13.0. The Kier molecular flexibility index (Phi) is 7.40. The summed E-state index contributed by atoms with van der Waals surface area (Å²) in [5.41, 5.74) is 12.7. The number of rotatable bonds is 7. The van der Waals surface area contributed by atoms with Gasteiger partial charge in [0.15, 0.2) is 0 Å². The van der Waals surface area contributed by atoms with Crippen LogP contribution in [0.25, 0.3) is 0 Å². The molecule has 1 aromatic rings. The minimum atomic E-state index is -0.330. The highest BCUT2D eigenvalue weighted by Crippen LogP contribution is 2.25. The van der Waals surface area contributed by atoms with Gasteiger partial charge in [-0.25, -0.2) is 0 Å². The highest BCUT2D eigenvalue weighted by molar-refractivity contribution is 5.80. The van der Waals surface area contributed by atoms with Crippen molar-refractivity contribution in [3.8, 4) is 0 Å². The summed E-state index contributed by atoms with van der Waals surface area (Å²) in [7, 11) is 0. The summed E-state index contributed by atoms with van der Waals surface area (Å²) in [6.07, 6.45) is 3.28. The maximum Gasteiger partial charge on any atom is 0.227 e. The Bertz CT molecular complexity index is 564. The van der Waals surface area contributed by atoms with E-state index < -0.39 is 0 Å². The number of hydrogen-bond acceptors (Lipinski definition) is 4. The van der Waals surface area contributed by atoms with Gasteiger partial charge in [-0.1, -0.05) is 37.3 Å². The minimum Gasteiger partial charge on any atom is -0.354 e. The molecule has 3 atom stereocenters. The van der Waals surface area contributed by atoms with Crippen molar-refractivity contribution in [2.75, 3.05) is 19.6 Å². The highest BCUT2D eigenvalue weighted by atomic mass is 16.2. The predicted molar refractivity (Wildman–Crippen MR) is 98.6 cm³/mol. The zero-order valence-corrected chi connectivity index (χ0v) is 15.0. The lowest BCUT2D eigenvalue weighted by atomic mass is 9.92. The van der Waals surface area contributed by atoms with Gasteiger partial charge in [-0.15, -0.1) is 0 Å². The summed E-state index contributed by atoms with van der Waals surface area (Å²) < 4.78 is 0. The van der Waals surface area contributed by atoms with Crippen molar-refractivity contribution in [3.05, 3.63) is 35.9 Å². The third-order valence-corrected chi connectivity index (χ3v) is 4.93. The Balaban J connectivity index is 2.00. The summed E-state index contributed by atoms with van der Waals surface area (Å²) in [4.78, 5) is 26.6. The lowest BCUT2D eigenvalue weighted by Gasteiger charge is -2.38. The van der Waals surface area contributed by atoms with Crippen molar-refractivity contribution in [3.63, 3.8) is 0 Å². The molecule has 1 heterocycles. The maximum absolute atomic E-state index is 13.0. The average Bonchev–Trinajstić information content (AvgIpc) is 2.65. The standard InChI is InChI=1S/C19H30N4O2/c1-14(18(21)15-7-3-2-4-8-15)19(25)23-12-6-5-9-16(23)13-22-17(24)10-11-20/h2-4,7-8,14,16,18H,5-6,9-13,20-21H2,1H3,(H,22,24). The molecule has 0 bridgehead atoms. The summed E-state index contributed by atoms with van der Waals surface area (Å²) in [6.45, 7) is 3.43. The molecule has 1 aliphatic heterocycles. The van der Waals surface area contributed by atoms with E-state index in [2.05, 4.69) is 5.32 Å². The van der Waals surface area contributed by atoms with Gasteiger partial charge in [0.2, 0.25) is 11.8 Å². The van der Waals surface area contributed by atoms with Gasteiger partial charge in [-0.2, -0.15) is 0 Å². The molecule has 0 spiro atoms. The molecule has 138 valence electrons. The van der Waals surface area contributed by atoms with Crippen LogP contribution in [-0.4, -0.2) is 42.4 Å². The van der Waals surface area contributed by atoms with E-state index in [0.29, 0.717) is 19.5 Å². The normalized spacial score (nSPS) is 20.0. The summed E-state index contributed by atoms with van der Waals surface area (Å²) in [5, 5.41) is 2.89.